The first kappa shape index (κ1) is 24.7. The maximum absolute atomic E-state index is 13.0. The average Bonchev–Trinajstić information content (AvgIpc) is 2.88. The number of benzene rings is 4. The molecule has 1 unspecified atom stereocenters. The molecule has 7 heteroatoms. The Morgan fingerprint density at radius 2 is 1.28 bits per heavy atom. The molecule has 4 rings (SSSR count). The number of rotatable bonds is 7. The second kappa shape index (κ2) is 10.5. The van der Waals surface area contributed by atoms with Gasteiger partial charge in [-0.1, -0.05) is 78.9 Å². The lowest BCUT2D eigenvalue weighted by molar-refractivity contribution is -0.138. The maximum Gasteiger partial charge on any atom is 0.416 e. The Kier molecular flexibility index (Phi) is 7.20. The third kappa shape index (κ3) is 5.99. The van der Waals surface area contributed by atoms with Crippen LogP contribution in [0.4, 0.5) is 13.2 Å². The van der Waals surface area contributed by atoms with Gasteiger partial charge in [-0.25, -0.2) is 0 Å². The fourth-order valence-corrected chi connectivity index (χ4v) is 3.90. The molecule has 182 valence electrons. The fourth-order valence-electron chi connectivity index (χ4n) is 3.90. The van der Waals surface area contributed by atoms with E-state index in [-0.39, 0.29) is 12.0 Å². The first-order valence-corrected chi connectivity index (χ1v) is 11.2. The molecule has 0 fully saturated rings. The van der Waals surface area contributed by atoms with Crippen LogP contribution in [0.15, 0.2) is 103 Å². The van der Waals surface area contributed by atoms with Gasteiger partial charge in [0.15, 0.2) is 0 Å². The summed E-state index contributed by atoms with van der Waals surface area (Å²) in [5, 5.41) is 12.1. The van der Waals surface area contributed by atoms with Crippen molar-refractivity contribution in [3.05, 3.63) is 120 Å². The van der Waals surface area contributed by atoms with Gasteiger partial charge in [0, 0.05) is 5.56 Å². The van der Waals surface area contributed by atoms with Crippen molar-refractivity contribution in [2.45, 2.75) is 18.6 Å². The van der Waals surface area contributed by atoms with Crippen LogP contribution in [-0.4, -0.2) is 17.0 Å². The zero-order chi connectivity index (χ0) is 25.7. The van der Waals surface area contributed by atoms with Crippen molar-refractivity contribution in [2.24, 2.45) is 0 Å². The van der Waals surface area contributed by atoms with Crippen LogP contribution in [0.3, 0.4) is 0 Å². The van der Waals surface area contributed by atoms with E-state index in [2.05, 4.69) is 5.32 Å². The average molecular weight is 489 g/mol. The van der Waals surface area contributed by atoms with Crippen molar-refractivity contribution in [1.29, 1.82) is 0 Å². The van der Waals surface area contributed by atoms with E-state index in [1.807, 2.05) is 42.5 Å². The minimum Gasteiger partial charge on any atom is -0.481 e. The highest BCUT2D eigenvalue weighted by Crippen LogP contribution is 2.32. The summed E-state index contributed by atoms with van der Waals surface area (Å²) in [5.74, 6) is -1.55. The molecule has 0 aliphatic heterocycles. The molecule has 36 heavy (non-hydrogen) atoms. The molecule has 0 bridgehead atoms. The molecule has 4 aromatic rings. The van der Waals surface area contributed by atoms with Gasteiger partial charge in [-0.05, 0) is 52.1 Å². The van der Waals surface area contributed by atoms with Gasteiger partial charge in [-0.3, -0.25) is 9.59 Å². The minimum absolute atomic E-state index is 0.266. The second-order valence-corrected chi connectivity index (χ2v) is 8.27. The van der Waals surface area contributed by atoms with Gasteiger partial charge in [-0.15, -0.1) is 0 Å². The molecule has 0 aromatic heterocycles. The van der Waals surface area contributed by atoms with E-state index in [9.17, 15) is 27.9 Å². The topological polar surface area (TPSA) is 66.4 Å². The van der Waals surface area contributed by atoms with Crippen molar-refractivity contribution in [1.82, 2.24) is 5.32 Å². The molecule has 0 spiro atoms. The molecule has 1 amide bonds. The molecule has 0 aliphatic carbocycles. The number of carboxylic acids is 1. The van der Waals surface area contributed by atoms with Gasteiger partial charge >= 0.3 is 12.1 Å². The summed E-state index contributed by atoms with van der Waals surface area (Å²) < 4.78 is 39.1. The monoisotopic (exact) mass is 489 g/mol. The first-order valence-electron chi connectivity index (χ1n) is 11.2. The maximum atomic E-state index is 13.0. The van der Waals surface area contributed by atoms with E-state index in [0.717, 1.165) is 23.3 Å². The van der Waals surface area contributed by atoms with Gasteiger partial charge in [0.1, 0.15) is 0 Å². The number of halogens is 3. The Labute approximate surface area is 206 Å². The van der Waals surface area contributed by atoms with E-state index in [4.69, 9.17) is 0 Å². The van der Waals surface area contributed by atoms with Crippen molar-refractivity contribution >= 4 is 11.9 Å². The summed E-state index contributed by atoms with van der Waals surface area (Å²) in [6.45, 7) is 0. The highest BCUT2D eigenvalue weighted by molar-refractivity contribution is 5.95. The van der Waals surface area contributed by atoms with Gasteiger partial charge in [0.2, 0.25) is 0 Å². The standard InChI is InChI=1S/C29H22F3NO3/c30-29(31,32)25-8-4-7-24(17-25)21-11-15-23(16-12-21)28(36)33-26(18-27(34)35)22-13-9-20(10-14-22)19-5-2-1-3-6-19/h1-17,26H,18H2,(H,33,36)(H,34,35). The highest BCUT2D eigenvalue weighted by atomic mass is 19.4. The van der Waals surface area contributed by atoms with Crippen LogP contribution >= 0.6 is 0 Å². The number of aliphatic carboxylic acids is 1. The summed E-state index contributed by atoms with van der Waals surface area (Å²) in [7, 11) is 0. The first-order chi connectivity index (χ1) is 17.2. The molecule has 0 saturated carbocycles. The zero-order valence-electron chi connectivity index (χ0n) is 19.0. The predicted molar refractivity (Wildman–Crippen MR) is 131 cm³/mol. The predicted octanol–water partition coefficient (Wildman–Crippen LogP) is 6.99. The van der Waals surface area contributed by atoms with Crippen molar-refractivity contribution in [2.75, 3.05) is 0 Å². The molecule has 0 saturated heterocycles. The third-order valence-electron chi connectivity index (χ3n) is 5.77. The molecular formula is C29H22F3NO3. The van der Waals surface area contributed by atoms with Crippen molar-refractivity contribution in [3.8, 4) is 22.3 Å². The normalized spacial score (nSPS) is 12.1. The number of hydrogen-bond acceptors (Lipinski definition) is 2. The summed E-state index contributed by atoms with van der Waals surface area (Å²) in [5.41, 5.74) is 3.04. The SMILES string of the molecule is O=C(O)CC(NC(=O)c1ccc(-c2cccc(C(F)(F)F)c2)cc1)c1ccc(-c2ccccc2)cc1. The number of amides is 1. The molecule has 4 nitrogen and oxygen atoms in total. The molecule has 1 atom stereocenters. The van der Waals surface area contributed by atoms with Gasteiger partial charge in [0.25, 0.3) is 5.91 Å². The fraction of sp³-hybridized carbons (Fsp3) is 0.103. The summed E-state index contributed by atoms with van der Waals surface area (Å²) in [6.07, 6.45) is -4.76. The lowest BCUT2D eigenvalue weighted by Crippen LogP contribution is -2.30. The number of carbonyl (C=O) groups is 2. The van der Waals surface area contributed by atoms with E-state index in [0.29, 0.717) is 16.7 Å². The molecule has 4 aromatic carbocycles. The second-order valence-electron chi connectivity index (χ2n) is 8.27. The molecule has 2 N–H and O–H groups in total. The summed E-state index contributed by atoms with van der Waals surface area (Å²) in [6, 6.07) is 27.3. The smallest absolute Gasteiger partial charge is 0.416 e. The van der Waals surface area contributed by atoms with Crippen molar-refractivity contribution < 1.29 is 27.9 Å². The lowest BCUT2D eigenvalue weighted by atomic mass is 9.98. The van der Waals surface area contributed by atoms with Gasteiger partial charge < -0.3 is 10.4 Å². The Balaban J connectivity index is 1.51. The van der Waals surface area contributed by atoms with Gasteiger partial charge in [-0.2, -0.15) is 13.2 Å². The highest BCUT2D eigenvalue weighted by Gasteiger charge is 2.30. The van der Waals surface area contributed by atoms with Crippen LogP contribution in [0, 0.1) is 0 Å². The quantitative estimate of drug-likeness (QED) is 0.294. The van der Waals surface area contributed by atoms with E-state index < -0.39 is 29.7 Å². The minimum atomic E-state index is -4.45. The van der Waals surface area contributed by atoms with Crippen LogP contribution in [0.25, 0.3) is 22.3 Å². The van der Waals surface area contributed by atoms with Crippen LogP contribution in [0.5, 0.6) is 0 Å². The lowest BCUT2D eigenvalue weighted by Gasteiger charge is -2.18. The van der Waals surface area contributed by atoms with E-state index >= 15 is 0 Å². The Bertz CT molecular complexity index is 1350. The number of hydrogen-bond donors (Lipinski definition) is 2. The molecule has 0 aliphatic rings. The Morgan fingerprint density at radius 3 is 1.89 bits per heavy atom. The van der Waals surface area contributed by atoms with Gasteiger partial charge in [0.05, 0.1) is 18.0 Å². The molecule has 0 heterocycles. The van der Waals surface area contributed by atoms with Crippen LogP contribution < -0.4 is 5.32 Å². The summed E-state index contributed by atoms with van der Waals surface area (Å²) >= 11 is 0. The molecule has 0 radical (unpaired) electrons. The van der Waals surface area contributed by atoms with Crippen molar-refractivity contribution in [3.63, 3.8) is 0 Å². The van der Waals surface area contributed by atoms with E-state index in [1.165, 1.54) is 18.2 Å². The summed E-state index contributed by atoms with van der Waals surface area (Å²) in [4.78, 5) is 24.3. The van der Waals surface area contributed by atoms with E-state index in [1.54, 1.807) is 30.3 Å². The van der Waals surface area contributed by atoms with Crippen LogP contribution in [0.2, 0.25) is 0 Å². The zero-order valence-corrected chi connectivity index (χ0v) is 19.0. The number of carboxylic acid groups (broad SMARTS) is 1. The largest absolute Gasteiger partial charge is 0.481 e. The number of carbonyl (C=O) groups excluding carboxylic acids is 1. The van der Waals surface area contributed by atoms with Crippen LogP contribution in [-0.2, 0) is 11.0 Å². The number of alkyl halides is 3. The van der Waals surface area contributed by atoms with Crippen LogP contribution in [0.1, 0.15) is 33.9 Å². The Morgan fingerprint density at radius 1 is 0.722 bits per heavy atom. The third-order valence-corrected chi connectivity index (χ3v) is 5.77. The Hall–Kier alpha value is -4.39. The number of nitrogens with one attached hydrogen (secondary N) is 1. The molecular weight excluding hydrogens is 467 g/mol.